The molecule has 1 N–H and O–H groups in total. The molecule has 188 valence electrons. The van der Waals surface area contributed by atoms with Crippen molar-refractivity contribution in [2.45, 2.75) is 52.0 Å². The second-order valence-electron chi connectivity index (χ2n) is 9.80. The lowest BCUT2D eigenvalue weighted by Crippen LogP contribution is -2.59. The standard InChI is InChI=1S/C23H28F6N4O/c1-15(2)12-21(20(30)34)3-7-33(8-4-21,14-19-31-5-6-32-19)13-16-9-17(22(24,25)26)11-18(10-16)23(27,28)29/h5,9-11,15H,3-4,6-8,12-14H2,1-2H3,(H-,30,34). The van der Waals surface area contributed by atoms with Gasteiger partial charge in [0, 0.05) is 30.0 Å². The van der Waals surface area contributed by atoms with Crippen molar-refractivity contribution in [1.29, 1.82) is 5.41 Å². The average molecular weight is 490 g/mol. The molecule has 0 bridgehead atoms. The van der Waals surface area contributed by atoms with Gasteiger partial charge in [-0.3, -0.25) is 4.99 Å². The molecule has 5 nitrogen and oxygen atoms in total. The summed E-state index contributed by atoms with van der Waals surface area (Å²) in [5, 5.41) is 20.1. The van der Waals surface area contributed by atoms with Crippen LogP contribution in [0.5, 0.6) is 0 Å². The first-order valence-electron chi connectivity index (χ1n) is 11.1. The molecule has 2 aliphatic rings. The quantitative estimate of drug-likeness (QED) is 0.256. The predicted molar refractivity (Wildman–Crippen MR) is 115 cm³/mol. The highest BCUT2D eigenvalue weighted by Crippen LogP contribution is 2.42. The zero-order valence-corrected chi connectivity index (χ0v) is 19.1. The maximum atomic E-state index is 13.4. The Morgan fingerprint density at radius 3 is 2.00 bits per heavy atom. The highest BCUT2D eigenvalue weighted by atomic mass is 19.4. The molecule has 3 rings (SSSR count). The van der Waals surface area contributed by atoms with Crippen LogP contribution in [-0.2, 0) is 18.9 Å². The van der Waals surface area contributed by atoms with Crippen molar-refractivity contribution < 1.29 is 35.9 Å². The molecule has 1 saturated heterocycles. The fourth-order valence-corrected chi connectivity index (χ4v) is 5.04. The molecule has 0 aromatic heterocycles. The Morgan fingerprint density at radius 1 is 1.03 bits per heavy atom. The van der Waals surface area contributed by atoms with Gasteiger partial charge in [-0.05, 0) is 36.4 Å². The van der Waals surface area contributed by atoms with E-state index >= 15 is 0 Å². The molecule has 0 amide bonds. The summed E-state index contributed by atoms with van der Waals surface area (Å²) in [7, 11) is 0. The predicted octanol–water partition coefficient (Wildman–Crippen LogP) is 4.69. The third-order valence-electron chi connectivity index (χ3n) is 6.65. The first-order valence-corrected chi connectivity index (χ1v) is 11.1. The summed E-state index contributed by atoms with van der Waals surface area (Å²) in [6, 6.07) is 1.66. The maximum absolute atomic E-state index is 13.4. The summed E-state index contributed by atoms with van der Waals surface area (Å²) in [6.45, 7) is 5.06. The van der Waals surface area contributed by atoms with Gasteiger partial charge < -0.3 is 15.0 Å². The molecular formula is C23H28F6N4O. The Balaban J connectivity index is 1.98. The zero-order valence-electron chi connectivity index (χ0n) is 19.1. The van der Waals surface area contributed by atoms with Crippen LogP contribution in [0.25, 0.3) is 0 Å². The van der Waals surface area contributed by atoms with Crippen LogP contribution < -0.4 is 5.11 Å². The van der Waals surface area contributed by atoms with Crippen LogP contribution in [0.4, 0.5) is 26.3 Å². The third-order valence-corrected chi connectivity index (χ3v) is 6.65. The normalized spacial score (nSPS) is 25.6. The van der Waals surface area contributed by atoms with Gasteiger partial charge in [0.25, 0.3) is 0 Å². The van der Waals surface area contributed by atoms with Crippen molar-refractivity contribution in [2.24, 2.45) is 21.3 Å². The van der Waals surface area contributed by atoms with Gasteiger partial charge in [-0.2, -0.15) is 26.3 Å². The van der Waals surface area contributed by atoms with E-state index in [1.165, 1.54) is 0 Å². The van der Waals surface area contributed by atoms with E-state index in [2.05, 4.69) is 9.98 Å². The van der Waals surface area contributed by atoms with Gasteiger partial charge in [0.1, 0.15) is 13.1 Å². The monoisotopic (exact) mass is 490 g/mol. The first-order chi connectivity index (χ1) is 15.6. The largest absolute Gasteiger partial charge is 0.862 e. The Hall–Kier alpha value is -2.43. The second-order valence-corrected chi connectivity index (χ2v) is 9.80. The fourth-order valence-electron chi connectivity index (χ4n) is 5.04. The minimum atomic E-state index is -4.92. The van der Waals surface area contributed by atoms with E-state index in [-0.39, 0.29) is 35.1 Å². The van der Waals surface area contributed by atoms with E-state index in [1.54, 1.807) is 6.21 Å². The van der Waals surface area contributed by atoms with Crippen LogP contribution in [-0.4, -0.2) is 48.6 Å². The van der Waals surface area contributed by atoms with E-state index in [1.807, 2.05) is 13.8 Å². The Labute approximate surface area is 194 Å². The van der Waals surface area contributed by atoms with E-state index in [0.29, 0.717) is 44.7 Å². The Kier molecular flexibility index (Phi) is 7.17. The molecule has 11 heteroatoms. The molecule has 2 heterocycles. The number of piperidine rings is 1. The molecule has 1 fully saturated rings. The lowest BCUT2D eigenvalue weighted by atomic mass is 9.71. The number of nitrogens with zero attached hydrogens (tertiary/aromatic N) is 3. The van der Waals surface area contributed by atoms with Crippen LogP contribution in [0.3, 0.4) is 0 Å². The van der Waals surface area contributed by atoms with Crippen LogP contribution in [0.15, 0.2) is 28.2 Å². The Morgan fingerprint density at radius 2 is 1.59 bits per heavy atom. The van der Waals surface area contributed by atoms with E-state index in [4.69, 9.17) is 5.41 Å². The minimum Gasteiger partial charge on any atom is -0.862 e. The molecule has 0 aliphatic carbocycles. The van der Waals surface area contributed by atoms with E-state index in [9.17, 15) is 31.4 Å². The zero-order chi connectivity index (χ0) is 25.4. The van der Waals surface area contributed by atoms with Gasteiger partial charge in [0.15, 0.2) is 5.84 Å². The van der Waals surface area contributed by atoms with Crippen LogP contribution >= 0.6 is 0 Å². The lowest BCUT2D eigenvalue weighted by molar-refractivity contribution is -0.939. The second kappa shape index (κ2) is 9.31. The first kappa shape index (κ1) is 26.2. The molecular weight excluding hydrogens is 462 g/mol. The highest BCUT2D eigenvalue weighted by Gasteiger charge is 2.44. The summed E-state index contributed by atoms with van der Waals surface area (Å²) < 4.78 is 80.4. The van der Waals surface area contributed by atoms with Crippen LogP contribution in [0.2, 0.25) is 0 Å². The van der Waals surface area contributed by atoms with Crippen LogP contribution in [0, 0.1) is 16.7 Å². The number of hydrogen-bond donors (Lipinski definition) is 1. The smallest absolute Gasteiger partial charge is 0.416 e. The number of aliphatic imine (C=N–C) groups is 2. The van der Waals surface area contributed by atoms with Gasteiger partial charge in [0.2, 0.25) is 0 Å². The molecule has 1 aromatic carbocycles. The molecule has 0 spiro atoms. The number of alkyl halides is 6. The van der Waals surface area contributed by atoms with Gasteiger partial charge in [-0.15, -0.1) is 0 Å². The topological polar surface area (TPSA) is 71.6 Å². The lowest BCUT2D eigenvalue weighted by Gasteiger charge is -2.50. The highest BCUT2D eigenvalue weighted by molar-refractivity contribution is 5.95. The number of halogens is 6. The number of amidine groups is 1. The summed E-state index contributed by atoms with van der Waals surface area (Å²) in [6.07, 6.45) is -7.08. The number of nitrogens with one attached hydrogen (secondary N) is 1. The maximum Gasteiger partial charge on any atom is 0.416 e. The van der Waals surface area contributed by atoms with E-state index in [0.717, 1.165) is 12.1 Å². The summed E-state index contributed by atoms with van der Waals surface area (Å²) in [4.78, 5) is 8.46. The average Bonchev–Trinajstić information content (AvgIpc) is 3.20. The number of rotatable bonds is 7. The van der Waals surface area contributed by atoms with Crippen molar-refractivity contribution in [2.75, 3.05) is 26.2 Å². The van der Waals surface area contributed by atoms with Crippen molar-refractivity contribution in [3.63, 3.8) is 0 Å². The molecule has 1 aromatic rings. The molecule has 2 aliphatic heterocycles. The number of hydrogen-bond acceptors (Lipinski definition) is 4. The molecule has 0 saturated carbocycles. The molecule has 0 unspecified atom stereocenters. The minimum absolute atomic E-state index is 0.0849. The third kappa shape index (κ3) is 5.97. The van der Waals surface area contributed by atoms with Crippen LogP contribution in [0.1, 0.15) is 49.8 Å². The van der Waals surface area contributed by atoms with Gasteiger partial charge in [-0.1, -0.05) is 13.8 Å². The SMILES string of the molecule is CC(C)CC1(C(=N)[O-])CC[N+](CC2=NCC=N2)(Cc2cc(C(F)(F)F)cc(C(F)(F)F)c2)CC1. The number of likely N-dealkylation sites (tertiary alicyclic amines) is 1. The van der Waals surface area contributed by atoms with E-state index < -0.39 is 34.8 Å². The summed E-state index contributed by atoms with van der Waals surface area (Å²) in [5.41, 5.74) is -3.64. The van der Waals surface area contributed by atoms with Gasteiger partial charge in [0.05, 0.1) is 30.8 Å². The molecule has 0 atom stereocenters. The van der Waals surface area contributed by atoms with Gasteiger partial charge in [-0.25, -0.2) is 4.99 Å². The number of quaternary nitrogens is 1. The van der Waals surface area contributed by atoms with Crippen molar-refractivity contribution >= 4 is 17.9 Å². The van der Waals surface area contributed by atoms with Crippen molar-refractivity contribution in [3.8, 4) is 0 Å². The van der Waals surface area contributed by atoms with Gasteiger partial charge >= 0.3 is 12.4 Å². The van der Waals surface area contributed by atoms with Crippen molar-refractivity contribution in [1.82, 2.24) is 0 Å². The Bertz CT molecular complexity index is 940. The summed E-state index contributed by atoms with van der Waals surface area (Å²) >= 11 is 0. The van der Waals surface area contributed by atoms with Crippen molar-refractivity contribution in [3.05, 3.63) is 34.9 Å². The molecule has 0 radical (unpaired) electrons. The summed E-state index contributed by atoms with van der Waals surface area (Å²) in [5.74, 6) is -0.0267. The molecule has 34 heavy (non-hydrogen) atoms. The fraction of sp³-hybridized carbons (Fsp3) is 0.609. The number of benzene rings is 1.